The van der Waals surface area contributed by atoms with Gasteiger partial charge in [-0.3, -0.25) is 4.79 Å². The Morgan fingerprint density at radius 3 is 2.59 bits per heavy atom. The third kappa shape index (κ3) is 2.45. The Hall–Kier alpha value is -1.88. The molecule has 1 heterocycles. The van der Waals surface area contributed by atoms with Gasteiger partial charge in [0, 0.05) is 11.8 Å². The van der Waals surface area contributed by atoms with Gasteiger partial charge in [0.05, 0.1) is 11.8 Å². The highest BCUT2D eigenvalue weighted by Crippen LogP contribution is 2.19. The van der Waals surface area contributed by atoms with Crippen molar-refractivity contribution in [1.82, 2.24) is 0 Å². The highest BCUT2D eigenvalue weighted by molar-refractivity contribution is 6.32. The van der Waals surface area contributed by atoms with Crippen LogP contribution in [-0.4, -0.2) is 5.91 Å². The molecule has 0 fully saturated rings. The summed E-state index contributed by atoms with van der Waals surface area (Å²) in [6, 6.07) is 4.41. The summed E-state index contributed by atoms with van der Waals surface area (Å²) in [6.45, 7) is 0. The van der Waals surface area contributed by atoms with Crippen molar-refractivity contribution in [2.24, 2.45) is 0 Å². The third-order valence-corrected chi connectivity index (χ3v) is 2.33. The first-order chi connectivity index (χ1) is 8.08. The Balaban J connectivity index is 2.19. The van der Waals surface area contributed by atoms with E-state index in [0.29, 0.717) is 0 Å². The average molecular weight is 258 g/mol. The van der Waals surface area contributed by atoms with E-state index in [4.69, 9.17) is 16.0 Å². The van der Waals surface area contributed by atoms with E-state index in [2.05, 4.69) is 5.32 Å². The summed E-state index contributed by atoms with van der Waals surface area (Å²) >= 11 is 5.60. The Morgan fingerprint density at radius 2 is 2.00 bits per heavy atom. The van der Waals surface area contributed by atoms with Crippen LogP contribution in [0.1, 0.15) is 10.4 Å². The fraction of sp³-hybridized carbons (Fsp3) is 0. The third-order valence-electron chi connectivity index (χ3n) is 2.04. The number of rotatable bonds is 2. The second-order valence-corrected chi connectivity index (χ2v) is 3.53. The zero-order valence-electron chi connectivity index (χ0n) is 8.34. The van der Waals surface area contributed by atoms with E-state index >= 15 is 0 Å². The lowest BCUT2D eigenvalue weighted by Gasteiger charge is -2.04. The molecule has 1 N–H and O–H groups in total. The molecule has 88 valence electrons. The molecular formula is C11H6ClF2NO2. The van der Waals surface area contributed by atoms with E-state index in [0.717, 1.165) is 12.1 Å². The van der Waals surface area contributed by atoms with Crippen LogP contribution >= 0.6 is 11.6 Å². The van der Waals surface area contributed by atoms with E-state index in [1.54, 1.807) is 0 Å². The van der Waals surface area contributed by atoms with Gasteiger partial charge in [-0.2, -0.15) is 0 Å². The second kappa shape index (κ2) is 4.55. The number of hydrogen-bond donors (Lipinski definition) is 1. The summed E-state index contributed by atoms with van der Waals surface area (Å²) in [5.74, 6) is -2.58. The molecule has 0 saturated heterocycles. The van der Waals surface area contributed by atoms with Crippen LogP contribution in [0.15, 0.2) is 34.9 Å². The molecule has 0 unspecified atom stereocenters. The highest BCUT2D eigenvalue weighted by atomic mass is 35.5. The minimum Gasteiger partial charge on any atom is -0.452 e. The van der Waals surface area contributed by atoms with Crippen molar-refractivity contribution in [2.45, 2.75) is 0 Å². The van der Waals surface area contributed by atoms with Gasteiger partial charge in [-0.15, -0.1) is 0 Å². The molecule has 6 heteroatoms. The Labute approximate surface area is 100.0 Å². The zero-order chi connectivity index (χ0) is 12.4. The minimum absolute atomic E-state index is 0.0647. The number of carbonyl (C=O) groups is 1. The van der Waals surface area contributed by atoms with E-state index < -0.39 is 17.5 Å². The molecule has 3 nitrogen and oxygen atoms in total. The van der Waals surface area contributed by atoms with Crippen LogP contribution in [0.4, 0.5) is 14.5 Å². The number of halogens is 3. The van der Waals surface area contributed by atoms with Gasteiger partial charge < -0.3 is 9.73 Å². The molecule has 0 aliphatic carbocycles. The van der Waals surface area contributed by atoms with Gasteiger partial charge in [0.25, 0.3) is 5.91 Å². The number of anilines is 1. The van der Waals surface area contributed by atoms with Crippen LogP contribution in [0.3, 0.4) is 0 Å². The van der Waals surface area contributed by atoms with Crippen molar-refractivity contribution in [3.8, 4) is 0 Å². The van der Waals surface area contributed by atoms with Gasteiger partial charge in [-0.1, -0.05) is 0 Å². The summed E-state index contributed by atoms with van der Waals surface area (Å²) in [5.41, 5.74) is 0.252. The molecule has 1 aromatic heterocycles. The fourth-order valence-corrected chi connectivity index (χ4v) is 1.43. The quantitative estimate of drug-likeness (QED) is 0.895. The van der Waals surface area contributed by atoms with Gasteiger partial charge in [-0.25, -0.2) is 8.78 Å². The largest absolute Gasteiger partial charge is 0.452 e. The minimum atomic E-state index is -1.04. The molecular weight excluding hydrogens is 252 g/mol. The predicted molar refractivity (Wildman–Crippen MR) is 58.0 cm³/mol. The van der Waals surface area contributed by atoms with Gasteiger partial charge in [0.2, 0.25) is 5.22 Å². The first-order valence-electron chi connectivity index (χ1n) is 4.57. The van der Waals surface area contributed by atoms with Crippen molar-refractivity contribution in [1.29, 1.82) is 0 Å². The van der Waals surface area contributed by atoms with Crippen molar-refractivity contribution in [3.63, 3.8) is 0 Å². The van der Waals surface area contributed by atoms with Crippen molar-refractivity contribution in [3.05, 3.63) is 52.9 Å². The molecule has 0 radical (unpaired) electrons. The Kier molecular flexibility index (Phi) is 3.10. The average Bonchev–Trinajstić information content (AvgIpc) is 2.70. The van der Waals surface area contributed by atoms with Crippen molar-refractivity contribution < 1.29 is 18.0 Å². The standard InChI is InChI=1S/C11H6ClF2NO2/c12-10-7(3-4-17-10)11(16)15-6-1-2-8(13)9(14)5-6/h1-5H,(H,15,16). The summed E-state index contributed by atoms with van der Waals surface area (Å²) < 4.78 is 30.3. The Bertz CT molecular complexity index is 568. The van der Waals surface area contributed by atoms with Gasteiger partial charge >= 0.3 is 0 Å². The van der Waals surface area contributed by atoms with Crippen LogP contribution in [0, 0.1) is 11.6 Å². The molecule has 0 aliphatic heterocycles. The number of benzene rings is 1. The molecule has 17 heavy (non-hydrogen) atoms. The van der Waals surface area contributed by atoms with Gasteiger partial charge in [0.1, 0.15) is 0 Å². The number of furan rings is 1. The SMILES string of the molecule is O=C(Nc1ccc(F)c(F)c1)c1ccoc1Cl. The van der Waals surface area contributed by atoms with E-state index in [1.807, 2.05) is 0 Å². The van der Waals surface area contributed by atoms with Crippen LogP contribution in [0.2, 0.25) is 5.22 Å². The first kappa shape index (κ1) is 11.6. The van der Waals surface area contributed by atoms with Crippen LogP contribution in [0.5, 0.6) is 0 Å². The first-order valence-corrected chi connectivity index (χ1v) is 4.95. The molecule has 0 aliphatic rings. The lowest BCUT2D eigenvalue weighted by molar-refractivity contribution is 0.102. The topological polar surface area (TPSA) is 42.2 Å². The molecule has 0 saturated carbocycles. The van der Waals surface area contributed by atoms with Crippen LogP contribution < -0.4 is 5.32 Å². The van der Waals surface area contributed by atoms with Crippen LogP contribution in [-0.2, 0) is 0 Å². The normalized spacial score (nSPS) is 10.3. The highest BCUT2D eigenvalue weighted by Gasteiger charge is 2.13. The van der Waals surface area contributed by atoms with Crippen molar-refractivity contribution >= 4 is 23.2 Å². The van der Waals surface area contributed by atoms with E-state index in [9.17, 15) is 13.6 Å². The molecule has 2 aromatic rings. The Morgan fingerprint density at radius 1 is 1.24 bits per heavy atom. The zero-order valence-corrected chi connectivity index (χ0v) is 9.09. The number of carbonyl (C=O) groups excluding carboxylic acids is 1. The molecule has 1 aromatic carbocycles. The van der Waals surface area contributed by atoms with Gasteiger partial charge in [0.15, 0.2) is 11.6 Å². The maximum absolute atomic E-state index is 12.9. The lowest BCUT2D eigenvalue weighted by atomic mass is 10.2. The maximum atomic E-state index is 12.9. The number of amides is 1. The summed E-state index contributed by atoms with van der Waals surface area (Å²) in [4.78, 5) is 11.6. The smallest absolute Gasteiger partial charge is 0.260 e. The number of hydrogen-bond acceptors (Lipinski definition) is 2. The van der Waals surface area contributed by atoms with E-state index in [-0.39, 0.29) is 16.5 Å². The van der Waals surface area contributed by atoms with Crippen LogP contribution in [0.25, 0.3) is 0 Å². The maximum Gasteiger partial charge on any atom is 0.260 e. The fourth-order valence-electron chi connectivity index (χ4n) is 1.23. The predicted octanol–water partition coefficient (Wildman–Crippen LogP) is 3.46. The van der Waals surface area contributed by atoms with E-state index in [1.165, 1.54) is 18.4 Å². The molecule has 0 spiro atoms. The summed E-state index contributed by atoms with van der Waals surface area (Å²) in [5, 5.41) is 2.30. The second-order valence-electron chi connectivity index (χ2n) is 3.19. The van der Waals surface area contributed by atoms with Gasteiger partial charge in [-0.05, 0) is 29.8 Å². The molecule has 2 rings (SSSR count). The summed E-state index contributed by atoms with van der Waals surface area (Å²) in [7, 11) is 0. The monoisotopic (exact) mass is 257 g/mol. The molecule has 0 atom stereocenters. The number of nitrogens with one attached hydrogen (secondary N) is 1. The summed E-state index contributed by atoms with van der Waals surface area (Å²) in [6.07, 6.45) is 1.25. The van der Waals surface area contributed by atoms with Crippen molar-refractivity contribution in [2.75, 3.05) is 5.32 Å². The lowest BCUT2D eigenvalue weighted by Crippen LogP contribution is -2.11. The molecule has 0 bridgehead atoms. The molecule has 1 amide bonds.